The first-order valence-corrected chi connectivity index (χ1v) is 4.19. The molecule has 0 bridgehead atoms. The van der Waals surface area contributed by atoms with Crippen LogP contribution in [0.4, 0.5) is 0 Å². The van der Waals surface area contributed by atoms with Gasteiger partial charge in [0.15, 0.2) is 0 Å². The third-order valence-electron chi connectivity index (χ3n) is 0.541. The van der Waals surface area contributed by atoms with E-state index in [1.165, 1.54) is 0 Å². The number of hydrogen-bond acceptors (Lipinski definition) is 2. The van der Waals surface area contributed by atoms with Crippen molar-refractivity contribution in [3.05, 3.63) is 6.92 Å². The topological polar surface area (TPSA) is 46.2 Å². The van der Waals surface area contributed by atoms with Gasteiger partial charge in [0.05, 0.1) is 6.26 Å². The Bertz CT molecular complexity index is 144. The minimum atomic E-state index is -2.98. The average Bonchev–Trinajstić information content (AvgIpc) is 1.59. The molecule has 1 radical (unpaired) electrons. The molecule has 0 unspecified atom stereocenters. The number of hydrogen-bond donors (Lipinski definition) is 1. The molecule has 0 atom stereocenters. The van der Waals surface area contributed by atoms with E-state index in [0.29, 0.717) is 13.0 Å². The summed E-state index contributed by atoms with van der Waals surface area (Å²) in [6.07, 6.45) is 1.72. The molecule has 0 aromatic rings. The fourth-order valence-electron chi connectivity index (χ4n) is 0.258. The molecule has 0 aliphatic heterocycles. The molecule has 3 nitrogen and oxygen atoms in total. The molecule has 0 saturated carbocycles. The maximum Gasteiger partial charge on any atom is 0.208 e. The van der Waals surface area contributed by atoms with Gasteiger partial charge in [-0.15, -0.1) is 0 Å². The van der Waals surface area contributed by atoms with Gasteiger partial charge in [-0.1, -0.05) is 7.43 Å². The Kier molecular flexibility index (Phi) is 14.0. The molecule has 5 heteroatoms. The van der Waals surface area contributed by atoms with Crippen LogP contribution in [-0.4, -0.2) is 21.2 Å². The van der Waals surface area contributed by atoms with Crippen LogP contribution in [0.1, 0.15) is 13.8 Å². The van der Waals surface area contributed by atoms with Crippen molar-refractivity contribution in [1.29, 1.82) is 0 Å². The summed E-state index contributed by atoms with van der Waals surface area (Å²) in [6.45, 7) is 3.89. The Morgan fingerprint density at radius 3 is 2.00 bits per heavy atom. The minimum absolute atomic E-state index is 0. The van der Waals surface area contributed by atoms with Crippen molar-refractivity contribution in [3.63, 3.8) is 0 Å². The van der Waals surface area contributed by atoms with Crippen LogP contribution in [0.15, 0.2) is 0 Å². The van der Waals surface area contributed by atoms with Crippen molar-refractivity contribution in [3.8, 4) is 0 Å². The van der Waals surface area contributed by atoms with Crippen LogP contribution in [0.5, 0.6) is 0 Å². The molecule has 61 valence electrons. The molecule has 0 aromatic heterocycles. The summed E-state index contributed by atoms with van der Waals surface area (Å²) in [5, 5.41) is 0. The molecule has 0 aliphatic carbocycles. The minimum Gasteiger partial charge on any atom is -0.342 e. The maximum atomic E-state index is 10.3. The summed E-state index contributed by atoms with van der Waals surface area (Å²) in [5.41, 5.74) is 0. The fraction of sp³-hybridized carbons (Fsp3) is 0.800. The van der Waals surface area contributed by atoms with E-state index in [1.807, 2.05) is 0 Å². The van der Waals surface area contributed by atoms with E-state index >= 15 is 0 Å². The molecule has 0 spiro atoms. The standard InChI is InChI=1S/C4H10NO2S.CH4.Y/c1-3-4-5-8(2,6)7;;/h5H,1,3-4H2,2H3;1H4;/q-1;;. The van der Waals surface area contributed by atoms with Gasteiger partial charge < -0.3 is 6.92 Å². The van der Waals surface area contributed by atoms with E-state index < -0.39 is 10.0 Å². The molecule has 0 rings (SSSR count). The monoisotopic (exact) mass is 241 g/mol. The van der Waals surface area contributed by atoms with Crippen LogP contribution < -0.4 is 4.72 Å². The summed E-state index contributed by atoms with van der Waals surface area (Å²) in [4.78, 5) is 0. The van der Waals surface area contributed by atoms with Gasteiger partial charge in [-0.25, -0.2) is 13.1 Å². The van der Waals surface area contributed by atoms with E-state index in [2.05, 4.69) is 11.6 Å². The summed E-state index contributed by atoms with van der Waals surface area (Å²) < 4.78 is 22.8. The van der Waals surface area contributed by atoms with Crippen molar-refractivity contribution in [2.75, 3.05) is 12.8 Å². The van der Waals surface area contributed by atoms with Gasteiger partial charge >= 0.3 is 0 Å². The van der Waals surface area contributed by atoms with Crippen molar-refractivity contribution in [2.24, 2.45) is 0 Å². The molecule has 0 heterocycles. The fourth-order valence-corrected chi connectivity index (χ4v) is 0.773. The Morgan fingerprint density at radius 2 is 1.90 bits per heavy atom. The SMILES string of the molecule is C.[CH2-]CCNS(C)(=O)=O.[Y]. The normalized spacial score (nSPS) is 9.40. The number of rotatable bonds is 3. The van der Waals surface area contributed by atoms with E-state index in [9.17, 15) is 8.42 Å². The predicted octanol–water partition coefficient (Wildman–Crippen LogP) is 0.393. The van der Waals surface area contributed by atoms with E-state index in [-0.39, 0.29) is 40.1 Å². The Balaban J connectivity index is -0.000000245. The molecule has 0 aromatic carbocycles. The number of nitrogens with one attached hydrogen (secondary N) is 1. The predicted molar refractivity (Wildman–Crippen MR) is 39.6 cm³/mol. The van der Waals surface area contributed by atoms with Crippen LogP contribution in [-0.2, 0) is 42.7 Å². The van der Waals surface area contributed by atoms with Gasteiger partial charge in [-0.05, 0) is 6.54 Å². The van der Waals surface area contributed by atoms with E-state index in [4.69, 9.17) is 0 Å². The molecule has 0 aliphatic rings. The Labute approximate surface area is 88.9 Å². The molecule has 1 N–H and O–H groups in total. The van der Waals surface area contributed by atoms with Gasteiger partial charge in [-0.3, -0.25) is 0 Å². The molecular formula is C5H14NO2SY-. The third-order valence-corrected chi connectivity index (χ3v) is 1.27. The van der Waals surface area contributed by atoms with Gasteiger partial charge in [0.25, 0.3) is 0 Å². The van der Waals surface area contributed by atoms with E-state index in [1.54, 1.807) is 0 Å². The quantitative estimate of drug-likeness (QED) is 0.727. The molecular weight excluding hydrogens is 227 g/mol. The van der Waals surface area contributed by atoms with Crippen LogP contribution in [0.3, 0.4) is 0 Å². The first-order chi connectivity index (χ1) is 3.56. The maximum absolute atomic E-state index is 10.3. The van der Waals surface area contributed by atoms with Crippen molar-refractivity contribution >= 4 is 10.0 Å². The molecule has 0 saturated heterocycles. The van der Waals surface area contributed by atoms with Crippen molar-refractivity contribution < 1.29 is 41.1 Å². The summed E-state index contributed by atoms with van der Waals surface area (Å²) in [6, 6.07) is 0. The van der Waals surface area contributed by atoms with E-state index in [0.717, 1.165) is 6.26 Å². The zero-order valence-electron chi connectivity index (χ0n) is 5.42. The smallest absolute Gasteiger partial charge is 0.208 e. The molecule has 10 heavy (non-hydrogen) atoms. The number of sulfonamides is 1. The molecule has 0 fully saturated rings. The second-order valence-corrected chi connectivity index (χ2v) is 3.35. The van der Waals surface area contributed by atoms with Gasteiger partial charge in [-0.2, -0.15) is 6.42 Å². The van der Waals surface area contributed by atoms with Crippen LogP contribution in [0.2, 0.25) is 0 Å². The van der Waals surface area contributed by atoms with Crippen LogP contribution >= 0.6 is 0 Å². The first-order valence-electron chi connectivity index (χ1n) is 2.30. The summed E-state index contributed by atoms with van der Waals surface area (Å²) in [7, 11) is -2.98. The first kappa shape index (κ1) is 17.2. The second-order valence-electron chi connectivity index (χ2n) is 1.52. The Hall–Kier alpha value is 1.01. The average molecular weight is 241 g/mol. The molecule has 0 amide bonds. The van der Waals surface area contributed by atoms with Crippen LogP contribution in [0.25, 0.3) is 0 Å². The summed E-state index contributed by atoms with van der Waals surface area (Å²) >= 11 is 0. The van der Waals surface area contributed by atoms with Gasteiger partial charge in [0, 0.05) is 32.7 Å². The second kappa shape index (κ2) is 8.11. The van der Waals surface area contributed by atoms with Crippen molar-refractivity contribution in [1.82, 2.24) is 4.72 Å². The zero-order chi connectivity index (χ0) is 6.62. The van der Waals surface area contributed by atoms with Crippen molar-refractivity contribution in [2.45, 2.75) is 13.8 Å². The zero-order valence-corrected chi connectivity index (χ0v) is 9.08. The van der Waals surface area contributed by atoms with Gasteiger partial charge in [0.2, 0.25) is 10.0 Å². The van der Waals surface area contributed by atoms with Crippen LogP contribution in [0, 0.1) is 6.92 Å². The summed E-state index contributed by atoms with van der Waals surface area (Å²) in [5.74, 6) is 0. The Morgan fingerprint density at radius 1 is 1.50 bits per heavy atom. The largest absolute Gasteiger partial charge is 0.342 e. The van der Waals surface area contributed by atoms with Gasteiger partial charge in [0.1, 0.15) is 0 Å². The third kappa shape index (κ3) is 16.0.